The fraction of sp³-hybridized carbons (Fsp3) is 0.500. The van der Waals surface area contributed by atoms with Gasteiger partial charge in [-0.2, -0.15) is 4.72 Å². The van der Waals surface area contributed by atoms with Gasteiger partial charge in [-0.1, -0.05) is 26.0 Å². The van der Waals surface area contributed by atoms with Crippen LogP contribution in [0.3, 0.4) is 0 Å². The highest BCUT2D eigenvalue weighted by Crippen LogP contribution is 2.18. The number of aliphatic hydroxyl groups excluding tert-OH is 1. The predicted octanol–water partition coefficient (Wildman–Crippen LogP) is 1.22. The van der Waals surface area contributed by atoms with E-state index in [1.54, 1.807) is 32.9 Å². The third-order valence-corrected chi connectivity index (χ3v) is 4.49. The number of methoxy groups -OCH3 is 1. The minimum absolute atomic E-state index is 0.00421. The van der Waals surface area contributed by atoms with Gasteiger partial charge in [-0.3, -0.25) is 4.79 Å². The van der Waals surface area contributed by atoms with E-state index in [4.69, 9.17) is 0 Å². The molecule has 0 aliphatic carbocycles. The van der Waals surface area contributed by atoms with Crippen molar-refractivity contribution in [2.45, 2.75) is 37.8 Å². The second-order valence-electron chi connectivity index (χ2n) is 5.11. The number of hydrogen-bond donors (Lipinski definition) is 2. The maximum absolute atomic E-state index is 12.3. The Morgan fingerprint density at radius 2 is 1.90 bits per heavy atom. The first kappa shape index (κ1) is 17.6. The van der Waals surface area contributed by atoms with Gasteiger partial charge in [0.1, 0.15) is 6.04 Å². The van der Waals surface area contributed by atoms with E-state index < -0.39 is 28.1 Å². The zero-order valence-electron chi connectivity index (χ0n) is 12.5. The third kappa shape index (κ3) is 4.52. The van der Waals surface area contributed by atoms with Gasteiger partial charge in [-0.25, -0.2) is 8.42 Å². The molecule has 2 N–H and O–H groups in total. The van der Waals surface area contributed by atoms with Crippen LogP contribution in [0.2, 0.25) is 0 Å². The van der Waals surface area contributed by atoms with Gasteiger partial charge in [0, 0.05) is 0 Å². The summed E-state index contributed by atoms with van der Waals surface area (Å²) in [5, 5.41) is 9.52. The summed E-state index contributed by atoms with van der Waals surface area (Å²) >= 11 is 0. The molecule has 0 saturated carbocycles. The normalized spacial score (nSPS) is 14.8. The smallest absolute Gasteiger partial charge is 0.324 e. The molecule has 0 aromatic heterocycles. The summed E-state index contributed by atoms with van der Waals surface area (Å²) in [5.74, 6) is -0.896. The Kier molecular flexibility index (Phi) is 5.88. The summed E-state index contributed by atoms with van der Waals surface area (Å²) in [6, 6.07) is 4.99. The van der Waals surface area contributed by atoms with Crippen LogP contribution >= 0.6 is 0 Å². The van der Waals surface area contributed by atoms with Crippen molar-refractivity contribution in [3.05, 3.63) is 29.8 Å². The number of esters is 1. The van der Waals surface area contributed by atoms with Crippen molar-refractivity contribution in [3.63, 3.8) is 0 Å². The van der Waals surface area contributed by atoms with Crippen molar-refractivity contribution in [1.82, 2.24) is 4.72 Å². The summed E-state index contributed by atoms with van der Waals surface area (Å²) in [7, 11) is -2.67. The highest BCUT2D eigenvalue weighted by atomic mass is 32.2. The van der Waals surface area contributed by atoms with Crippen molar-refractivity contribution in [2.75, 3.05) is 7.11 Å². The lowest BCUT2D eigenvalue weighted by atomic mass is 10.1. The molecule has 2 atom stereocenters. The minimum atomic E-state index is -3.88. The van der Waals surface area contributed by atoms with Crippen LogP contribution in [-0.2, 0) is 19.6 Å². The zero-order chi connectivity index (χ0) is 16.2. The van der Waals surface area contributed by atoms with Gasteiger partial charge < -0.3 is 9.84 Å². The van der Waals surface area contributed by atoms with Gasteiger partial charge in [0.25, 0.3) is 0 Å². The molecule has 118 valence electrons. The molecule has 0 aliphatic rings. The maximum atomic E-state index is 12.3. The molecule has 0 aliphatic heterocycles. The van der Waals surface area contributed by atoms with Crippen LogP contribution in [-0.4, -0.2) is 32.6 Å². The number of carbonyl (C=O) groups excluding carboxylic acids is 1. The topological polar surface area (TPSA) is 92.7 Å². The molecule has 1 aromatic carbocycles. The molecular formula is C14H21NO5S. The highest BCUT2D eigenvalue weighted by molar-refractivity contribution is 7.89. The van der Waals surface area contributed by atoms with Crippen LogP contribution in [0.5, 0.6) is 0 Å². The Labute approximate surface area is 125 Å². The van der Waals surface area contributed by atoms with E-state index in [9.17, 15) is 18.3 Å². The summed E-state index contributed by atoms with van der Waals surface area (Å²) in [6.07, 6.45) is -0.776. The lowest BCUT2D eigenvalue weighted by molar-refractivity contribution is -0.143. The standard InChI is InChI=1S/C14H21NO5S/c1-9(2)13(14(17)20-4)15-21(18,19)12-7-5-6-11(8-12)10(3)16/h5-10,13,15-16H,1-4H3. The molecule has 6 nitrogen and oxygen atoms in total. The summed E-state index contributed by atoms with van der Waals surface area (Å²) in [6.45, 7) is 4.98. The Bertz CT molecular complexity index is 595. The number of aliphatic hydroxyl groups is 1. The molecule has 0 bridgehead atoms. The van der Waals surface area contributed by atoms with Crippen LogP contribution in [0.4, 0.5) is 0 Å². The first-order chi connectivity index (χ1) is 9.69. The average Bonchev–Trinajstić information content (AvgIpc) is 2.43. The predicted molar refractivity (Wildman–Crippen MR) is 78.0 cm³/mol. The third-order valence-electron chi connectivity index (χ3n) is 3.05. The molecule has 0 spiro atoms. The largest absolute Gasteiger partial charge is 0.468 e. The average molecular weight is 315 g/mol. The zero-order valence-corrected chi connectivity index (χ0v) is 13.3. The van der Waals surface area contributed by atoms with E-state index >= 15 is 0 Å². The quantitative estimate of drug-likeness (QED) is 0.770. The van der Waals surface area contributed by atoms with Crippen LogP contribution in [0, 0.1) is 5.92 Å². The van der Waals surface area contributed by atoms with E-state index in [2.05, 4.69) is 9.46 Å². The number of ether oxygens (including phenoxy) is 1. The lowest BCUT2D eigenvalue weighted by Crippen LogP contribution is -2.44. The second-order valence-corrected chi connectivity index (χ2v) is 6.83. The van der Waals surface area contributed by atoms with E-state index in [0.29, 0.717) is 5.56 Å². The molecule has 7 heteroatoms. The fourth-order valence-corrected chi connectivity index (χ4v) is 3.15. The van der Waals surface area contributed by atoms with Crippen LogP contribution < -0.4 is 4.72 Å². The van der Waals surface area contributed by atoms with Crippen molar-refractivity contribution < 1.29 is 23.1 Å². The molecule has 21 heavy (non-hydrogen) atoms. The molecular weight excluding hydrogens is 294 g/mol. The Morgan fingerprint density at radius 1 is 1.29 bits per heavy atom. The van der Waals surface area contributed by atoms with Crippen molar-refractivity contribution >= 4 is 16.0 Å². The number of benzene rings is 1. The Hall–Kier alpha value is -1.44. The van der Waals surface area contributed by atoms with Crippen LogP contribution in [0.25, 0.3) is 0 Å². The molecule has 0 amide bonds. The van der Waals surface area contributed by atoms with E-state index in [1.807, 2.05) is 0 Å². The molecule has 2 unspecified atom stereocenters. The number of carbonyl (C=O) groups is 1. The number of hydrogen-bond acceptors (Lipinski definition) is 5. The minimum Gasteiger partial charge on any atom is -0.468 e. The van der Waals surface area contributed by atoms with Gasteiger partial charge in [-0.15, -0.1) is 0 Å². The fourth-order valence-electron chi connectivity index (χ4n) is 1.76. The van der Waals surface area contributed by atoms with E-state index in [-0.39, 0.29) is 10.8 Å². The monoisotopic (exact) mass is 315 g/mol. The maximum Gasteiger partial charge on any atom is 0.324 e. The van der Waals surface area contributed by atoms with E-state index in [0.717, 1.165) is 0 Å². The van der Waals surface area contributed by atoms with Crippen LogP contribution in [0.15, 0.2) is 29.2 Å². The Morgan fingerprint density at radius 3 is 2.38 bits per heavy atom. The number of nitrogens with one attached hydrogen (secondary N) is 1. The summed E-state index contributed by atoms with van der Waals surface area (Å²) < 4.78 is 31.6. The molecule has 0 saturated heterocycles. The first-order valence-corrected chi connectivity index (χ1v) is 8.05. The second kappa shape index (κ2) is 7.02. The molecule has 0 heterocycles. The summed E-state index contributed by atoms with van der Waals surface area (Å²) in [4.78, 5) is 11.6. The van der Waals surface area contributed by atoms with Gasteiger partial charge in [0.15, 0.2) is 0 Å². The molecule has 1 rings (SSSR count). The van der Waals surface area contributed by atoms with Crippen molar-refractivity contribution in [1.29, 1.82) is 0 Å². The van der Waals surface area contributed by atoms with Crippen molar-refractivity contribution in [2.24, 2.45) is 5.92 Å². The van der Waals surface area contributed by atoms with E-state index in [1.165, 1.54) is 19.2 Å². The number of sulfonamides is 1. The van der Waals surface area contributed by atoms with Gasteiger partial charge >= 0.3 is 5.97 Å². The molecule has 0 fully saturated rings. The van der Waals surface area contributed by atoms with Gasteiger partial charge in [-0.05, 0) is 30.5 Å². The SMILES string of the molecule is COC(=O)C(NS(=O)(=O)c1cccc(C(C)O)c1)C(C)C. The number of rotatable bonds is 6. The highest BCUT2D eigenvalue weighted by Gasteiger charge is 2.29. The lowest BCUT2D eigenvalue weighted by Gasteiger charge is -2.20. The summed E-state index contributed by atoms with van der Waals surface area (Å²) in [5.41, 5.74) is 0.483. The molecule has 0 radical (unpaired) electrons. The van der Waals surface area contributed by atoms with Gasteiger partial charge in [0.2, 0.25) is 10.0 Å². The van der Waals surface area contributed by atoms with Gasteiger partial charge in [0.05, 0.1) is 18.1 Å². The first-order valence-electron chi connectivity index (χ1n) is 6.57. The Balaban J connectivity index is 3.10. The van der Waals surface area contributed by atoms with Crippen molar-refractivity contribution in [3.8, 4) is 0 Å². The molecule has 1 aromatic rings. The van der Waals surface area contributed by atoms with Crippen LogP contribution in [0.1, 0.15) is 32.4 Å².